The summed E-state index contributed by atoms with van der Waals surface area (Å²) < 4.78 is 36.9. The summed E-state index contributed by atoms with van der Waals surface area (Å²) in [5.74, 6) is -1.36. The molecule has 0 aromatic carbocycles. The Hall–Kier alpha value is 0.01000. The predicted molar refractivity (Wildman–Crippen MR) is 42.6 cm³/mol. The highest BCUT2D eigenvalue weighted by atomic mass is 79.9. The van der Waals surface area contributed by atoms with Gasteiger partial charge >= 0.3 is 4.83 Å². The van der Waals surface area contributed by atoms with Crippen LogP contribution in [0.3, 0.4) is 0 Å². The molecule has 0 N–H and O–H groups in total. The number of hydrogen-bond donors (Lipinski definition) is 0. The van der Waals surface area contributed by atoms with Gasteiger partial charge in [0, 0.05) is 0 Å². The zero-order chi connectivity index (χ0) is 9.07. The first-order valence-electron chi connectivity index (χ1n) is 3.32. The summed E-state index contributed by atoms with van der Waals surface area (Å²) in [7, 11) is 0. The third-order valence-corrected chi connectivity index (χ3v) is 1.60. The van der Waals surface area contributed by atoms with E-state index in [4.69, 9.17) is 0 Å². The van der Waals surface area contributed by atoms with Gasteiger partial charge in [-0.25, -0.2) is 4.39 Å². The quantitative estimate of drug-likeness (QED) is 0.643. The highest BCUT2D eigenvalue weighted by Crippen LogP contribution is 2.34. The first-order chi connectivity index (χ1) is 4.89. The van der Waals surface area contributed by atoms with Crippen LogP contribution in [0.4, 0.5) is 13.2 Å². The van der Waals surface area contributed by atoms with E-state index in [1.807, 2.05) is 22.9 Å². The van der Waals surface area contributed by atoms with Crippen LogP contribution in [0, 0.1) is 0 Å². The molecular weight excluding hydrogens is 221 g/mol. The minimum atomic E-state index is -3.49. The van der Waals surface area contributed by atoms with Gasteiger partial charge in [-0.1, -0.05) is 13.3 Å². The largest absolute Gasteiger partial charge is 0.352 e. The van der Waals surface area contributed by atoms with Gasteiger partial charge in [0.15, 0.2) is 5.83 Å². The van der Waals surface area contributed by atoms with Crippen molar-refractivity contribution >= 4 is 15.9 Å². The SMILES string of the molecule is CCCC(C)=C(F)C(F)(F)Br. The van der Waals surface area contributed by atoms with Crippen LogP contribution in [0.5, 0.6) is 0 Å². The van der Waals surface area contributed by atoms with Gasteiger partial charge in [-0.3, -0.25) is 0 Å². The molecular formula is C7H10BrF3. The van der Waals surface area contributed by atoms with Gasteiger partial charge in [0.25, 0.3) is 0 Å². The molecule has 0 aliphatic carbocycles. The molecule has 0 aromatic heterocycles. The number of rotatable bonds is 3. The van der Waals surface area contributed by atoms with Crippen molar-refractivity contribution in [1.82, 2.24) is 0 Å². The molecule has 0 heterocycles. The van der Waals surface area contributed by atoms with Gasteiger partial charge < -0.3 is 0 Å². The Kier molecular flexibility index (Phi) is 4.14. The van der Waals surface area contributed by atoms with Crippen molar-refractivity contribution in [2.45, 2.75) is 31.5 Å². The Bertz CT molecular complexity index is 158. The molecule has 66 valence electrons. The molecule has 0 bridgehead atoms. The number of hydrogen-bond acceptors (Lipinski definition) is 0. The molecule has 0 aliphatic rings. The van der Waals surface area contributed by atoms with E-state index in [0.29, 0.717) is 12.8 Å². The van der Waals surface area contributed by atoms with Gasteiger partial charge in [-0.05, 0) is 34.8 Å². The van der Waals surface area contributed by atoms with Crippen molar-refractivity contribution in [3.8, 4) is 0 Å². The van der Waals surface area contributed by atoms with E-state index >= 15 is 0 Å². The molecule has 0 fully saturated rings. The summed E-state index contributed by atoms with van der Waals surface area (Å²) in [6.07, 6.45) is 1.04. The standard InChI is InChI=1S/C7H10BrF3/c1-3-4-5(2)6(9)7(8,10)11/h3-4H2,1-2H3. The molecule has 0 spiro atoms. The number of halogens is 4. The Morgan fingerprint density at radius 1 is 1.45 bits per heavy atom. The first-order valence-corrected chi connectivity index (χ1v) is 4.11. The average molecular weight is 231 g/mol. The maximum Gasteiger partial charge on any atom is 0.352 e. The van der Waals surface area contributed by atoms with E-state index in [2.05, 4.69) is 0 Å². The molecule has 0 unspecified atom stereocenters. The minimum Gasteiger partial charge on any atom is -0.204 e. The van der Waals surface area contributed by atoms with Crippen LogP contribution in [0.15, 0.2) is 11.4 Å². The summed E-state index contributed by atoms with van der Waals surface area (Å²) >= 11 is 1.95. The van der Waals surface area contributed by atoms with Gasteiger partial charge in [-0.2, -0.15) is 8.78 Å². The molecule has 0 amide bonds. The van der Waals surface area contributed by atoms with Crippen molar-refractivity contribution < 1.29 is 13.2 Å². The van der Waals surface area contributed by atoms with Crippen molar-refractivity contribution in [3.63, 3.8) is 0 Å². The normalized spacial score (nSPS) is 14.7. The molecule has 0 aliphatic heterocycles. The van der Waals surface area contributed by atoms with E-state index in [9.17, 15) is 13.2 Å². The van der Waals surface area contributed by atoms with Gasteiger partial charge in [0.1, 0.15) is 0 Å². The fourth-order valence-corrected chi connectivity index (χ4v) is 1.07. The molecule has 0 aromatic rings. The molecule has 11 heavy (non-hydrogen) atoms. The van der Waals surface area contributed by atoms with Crippen molar-refractivity contribution in [1.29, 1.82) is 0 Å². The van der Waals surface area contributed by atoms with E-state index in [1.54, 1.807) is 0 Å². The van der Waals surface area contributed by atoms with Gasteiger partial charge in [-0.15, -0.1) is 0 Å². The topological polar surface area (TPSA) is 0 Å². The van der Waals surface area contributed by atoms with E-state index < -0.39 is 10.7 Å². The fraction of sp³-hybridized carbons (Fsp3) is 0.714. The Morgan fingerprint density at radius 3 is 2.18 bits per heavy atom. The summed E-state index contributed by atoms with van der Waals surface area (Å²) in [4.78, 5) is -3.49. The second kappa shape index (κ2) is 4.14. The predicted octanol–water partition coefficient (Wildman–Crippen LogP) is 4.02. The summed E-state index contributed by atoms with van der Waals surface area (Å²) in [6.45, 7) is 3.18. The maximum absolute atomic E-state index is 12.6. The molecule has 0 atom stereocenters. The third kappa shape index (κ3) is 3.79. The lowest BCUT2D eigenvalue weighted by atomic mass is 10.1. The number of allylic oxidation sites excluding steroid dienone is 2. The molecule has 4 heteroatoms. The van der Waals surface area contributed by atoms with Crippen molar-refractivity contribution in [2.24, 2.45) is 0 Å². The monoisotopic (exact) mass is 230 g/mol. The number of alkyl halides is 3. The van der Waals surface area contributed by atoms with E-state index in [1.165, 1.54) is 6.92 Å². The van der Waals surface area contributed by atoms with Crippen LogP contribution < -0.4 is 0 Å². The lowest BCUT2D eigenvalue weighted by Crippen LogP contribution is -2.07. The molecule has 0 saturated heterocycles. The zero-order valence-corrected chi connectivity index (χ0v) is 8.01. The third-order valence-electron chi connectivity index (χ3n) is 1.25. The molecule has 0 saturated carbocycles. The van der Waals surface area contributed by atoms with Crippen LogP contribution in [-0.2, 0) is 0 Å². The molecule has 0 rings (SSSR count). The zero-order valence-electron chi connectivity index (χ0n) is 6.43. The van der Waals surface area contributed by atoms with Gasteiger partial charge in [0.2, 0.25) is 0 Å². The lowest BCUT2D eigenvalue weighted by Gasteiger charge is -2.08. The summed E-state index contributed by atoms with van der Waals surface area (Å²) in [5, 5.41) is 0. The Morgan fingerprint density at radius 2 is 1.91 bits per heavy atom. The lowest BCUT2D eigenvalue weighted by molar-refractivity contribution is 0.125. The van der Waals surface area contributed by atoms with Crippen LogP contribution >= 0.6 is 15.9 Å². The Balaban J connectivity index is 4.39. The average Bonchev–Trinajstić information content (AvgIpc) is 1.85. The molecule has 0 radical (unpaired) electrons. The highest BCUT2D eigenvalue weighted by Gasteiger charge is 2.32. The summed E-state index contributed by atoms with van der Waals surface area (Å²) in [6, 6.07) is 0. The van der Waals surface area contributed by atoms with E-state index in [-0.39, 0.29) is 5.57 Å². The smallest absolute Gasteiger partial charge is 0.204 e. The maximum atomic E-state index is 12.6. The van der Waals surface area contributed by atoms with Gasteiger partial charge in [0.05, 0.1) is 0 Å². The first kappa shape index (κ1) is 11.0. The van der Waals surface area contributed by atoms with Crippen LogP contribution in [0.25, 0.3) is 0 Å². The summed E-state index contributed by atoms with van der Waals surface area (Å²) in [5.41, 5.74) is 0.106. The van der Waals surface area contributed by atoms with Crippen LogP contribution in [-0.4, -0.2) is 4.83 Å². The second-order valence-electron chi connectivity index (χ2n) is 2.34. The minimum absolute atomic E-state index is 0.106. The molecule has 0 nitrogen and oxygen atoms in total. The second-order valence-corrected chi connectivity index (χ2v) is 3.34. The fourth-order valence-electron chi connectivity index (χ4n) is 0.727. The van der Waals surface area contributed by atoms with Crippen molar-refractivity contribution in [3.05, 3.63) is 11.4 Å². The highest BCUT2D eigenvalue weighted by molar-refractivity contribution is 9.10. The Labute approximate surface area is 72.6 Å². The van der Waals surface area contributed by atoms with Crippen LogP contribution in [0.1, 0.15) is 26.7 Å². The van der Waals surface area contributed by atoms with E-state index in [0.717, 1.165) is 0 Å². The van der Waals surface area contributed by atoms with Crippen molar-refractivity contribution in [2.75, 3.05) is 0 Å². The van der Waals surface area contributed by atoms with Crippen LogP contribution in [0.2, 0.25) is 0 Å².